The summed E-state index contributed by atoms with van der Waals surface area (Å²) < 4.78 is 15.9. The molecule has 1 aliphatic rings. The molecule has 0 amide bonds. The van der Waals surface area contributed by atoms with Crippen LogP contribution in [0.5, 0.6) is 0 Å². The van der Waals surface area contributed by atoms with Crippen molar-refractivity contribution in [2.45, 2.75) is 38.4 Å². The highest BCUT2D eigenvalue weighted by molar-refractivity contribution is 4.67. The van der Waals surface area contributed by atoms with Crippen molar-refractivity contribution < 1.29 is 19.3 Å². The Kier molecular flexibility index (Phi) is 9.42. The molecule has 1 heterocycles. The van der Waals surface area contributed by atoms with E-state index in [9.17, 15) is 5.11 Å². The lowest BCUT2D eigenvalue weighted by Gasteiger charge is -2.14. The summed E-state index contributed by atoms with van der Waals surface area (Å²) in [5.41, 5.74) is 0. The lowest BCUT2D eigenvalue weighted by Crippen LogP contribution is -2.32. The molecule has 1 aliphatic heterocycles. The number of aliphatic hydroxyl groups excluding tert-OH is 1. The average molecular weight is 261 g/mol. The second kappa shape index (κ2) is 10.7. The molecule has 0 aromatic carbocycles. The molecule has 0 aliphatic carbocycles. The van der Waals surface area contributed by atoms with E-state index < -0.39 is 6.10 Å². The molecule has 1 fully saturated rings. The quantitative estimate of drug-likeness (QED) is 0.532. The van der Waals surface area contributed by atoms with Crippen molar-refractivity contribution in [3.63, 3.8) is 0 Å². The van der Waals surface area contributed by atoms with Crippen LogP contribution in [-0.2, 0) is 14.2 Å². The third kappa shape index (κ3) is 8.00. The SMILES string of the molecule is CCOCCOCC(O)CNCCC1CCCO1. The summed E-state index contributed by atoms with van der Waals surface area (Å²) in [6, 6.07) is 0. The molecule has 18 heavy (non-hydrogen) atoms. The van der Waals surface area contributed by atoms with Gasteiger partial charge in [-0.05, 0) is 32.7 Å². The molecule has 1 saturated heterocycles. The molecule has 2 N–H and O–H groups in total. The molecule has 0 bridgehead atoms. The second-order valence-corrected chi connectivity index (χ2v) is 4.55. The maximum absolute atomic E-state index is 9.64. The summed E-state index contributed by atoms with van der Waals surface area (Å²) in [7, 11) is 0. The van der Waals surface area contributed by atoms with Gasteiger partial charge in [-0.3, -0.25) is 0 Å². The fourth-order valence-electron chi connectivity index (χ4n) is 1.94. The minimum Gasteiger partial charge on any atom is -0.389 e. The third-order valence-electron chi connectivity index (χ3n) is 2.93. The van der Waals surface area contributed by atoms with Gasteiger partial charge in [-0.2, -0.15) is 0 Å². The van der Waals surface area contributed by atoms with Gasteiger partial charge in [-0.25, -0.2) is 0 Å². The second-order valence-electron chi connectivity index (χ2n) is 4.55. The van der Waals surface area contributed by atoms with E-state index >= 15 is 0 Å². The minimum absolute atomic E-state index is 0.361. The van der Waals surface area contributed by atoms with E-state index in [0.717, 1.165) is 19.6 Å². The maximum atomic E-state index is 9.64. The molecule has 1 rings (SSSR count). The van der Waals surface area contributed by atoms with Gasteiger partial charge in [0.1, 0.15) is 0 Å². The molecule has 0 aromatic rings. The minimum atomic E-state index is -0.448. The largest absolute Gasteiger partial charge is 0.389 e. The Morgan fingerprint density at radius 1 is 1.39 bits per heavy atom. The average Bonchev–Trinajstić information content (AvgIpc) is 2.87. The summed E-state index contributed by atoms with van der Waals surface area (Å²) in [5.74, 6) is 0. The van der Waals surface area contributed by atoms with Gasteiger partial charge >= 0.3 is 0 Å². The predicted octanol–water partition coefficient (Wildman–Crippen LogP) is 0.559. The maximum Gasteiger partial charge on any atom is 0.0897 e. The van der Waals surface area contributed by atoms with Crippen LogP contribution in [0.15, 0.2) is 0 Å². The molecule has 0 aromatic heterocycles. The monoisotopic (exact) mass is 261 g/mol. The summed E-state index contributed by atoms with van der Waals surface area (Å²) in [5, 5.41) is 12.9. The molecular weight excluding hydrogens is 234 g/mol. The number of nitrogens with one attached hydrogen (secondary N) is 1. The number of hydrogen-bond donors (Lipinski definition) is 2. The zero-order chi connectivity index (χ0) is 13.1. The molecule has 0 saturated carbocycles. The number of aliphatic hydroxyl groups is 1. The summed E-state index contributed by atoms with van der Waals surface area (Å²) in [4.78, 5) is 0. The highest BCUT2D eigenvalue weighted by Crippen LogP contribution is 2.14. The summed E-state index contributed by atoms with van der Waals surface area (Å²) in [6.45, 7) is 6.52. The normalized spacial score (nSPS) is 21.3. The van der Waals surface area contributed by atoms with E-state index in [1.54, 1.807) is 0 Å². The number of rotatable bonds is 11. The van der Waals surface area contributed by atoms with E-state index in [4.69, 9.17) is 14.2 Å². The molecule has 2 unspecified atom stereocenters. The predicted molar refractivity (Wildman–Crippen MR) is 69.8 cm³/mol. The van der Waals surface area contributed by atoms with Crippen molar-refractivity contribution in [2.75, 3.05) is 46.1 Å². The lowest BCUT2D eigenvalue weighted by atomic mass is 10.2. The van der Waals surface area contributed by atoms with Crippen LogP contribution in [0, 0.1) is 0 Å². The zero-order valence-corrected chi connectivity index (χ0v) is 11.4. The van der Waals surface area contributed by atoms with Crippen LogP contribution in [0.4, 0.5) is 0 Å². The Labute approximate surface area is 110 Å². The molecule has 5 nitrogen and oxygen atoms in total. The molecule has 2 atom stereocenters. The van der Waals surface area contributed by atoms with Gasteiger partial charge in [0, 0.05) is 19.8 Å². The van der Waals surface area contributed by atoms with Crippen LogP contribution >= 0.6 is 0 Å². The van der Waals surface area contributed by atoms with Crippen molar-refractivity contribution in [3.8, 4) is 0 Å². The van der Waals surface area contributed by atoms with Crippen LogP contribution in [0.1, 0.15) is 26.2 Å². The van der Waals surface area contributed by atoms with Crippen LogP contribution in [0.25, 0.3) is 0 Å². The fraction of sp³-hybridized carbons (Fsp3) is 1.00. The standard InChI is InChI=1S/C13H27NO4/c1-2-16-8-9-17-11-12(15)10-14-6-5-13-4-3-7-18-13/h12-15H,2-11H2,1H3. The van der Waals surface area contributed by atoms with Crippen molar-refractivity contribution in [1.82, 2.24) is 5.32 Å². The van der Waals surface area contributed by atoms with Crippen LogP contribution in [0.2, 0.25) is 0 Å². The van der Waals surface area contributed by atoms with Crippen molar-refractivity contribution in [1.29, 1.82) is 0 Å². The van der Waals surface area contributed by atoms with E-state index in [1.165, 1.54) is 12.8 Å². The van der Waals surface area contributed by atoms with Gasteiger partial charge in [0.05, 0.1) is 32.0 Å². The molecule has 0 spiro atoms. The zero-order valence-electron chi connectivity index (χ0n) is 11.4. The fourth-order valence-corrected chi connectivity index (χ4v) is 1.94. The van der Waals surface area contributed by atoms with Crippen molar-refractivity contribution in [2.24, 2.45) is 0 Å². The number of ether oxygens (including phenoxy) is 3. The molecule has 0 radical (unpaired) electrons. The Balaban J connectivity index is 1.82. The van der Waals surface area contributed by atoms with Crippen molar-refractivity contribution in [3.05, 3.63) is 0 Å². The van der Waals surface area contributed by atoms with Crippen molar-refractivity contribution >= 4 is 0 Å². The first-order valence-corrected chi connectivity index (χ1v) is 6.98. The summed E-state index contributed by atoms with van der Waals surface area (Å²) in [6.07, 6.45) is 3.34. The topological polar surface area (TPSA) is 60.0 Å². The lowest BCUT2D eigenvalue weighted by molar-refractivity contribution is 0.00622. The summed E-state index contributed by atoms with van der Waals surface area (Å²) >= 11 is 0. The first kappa shape index (κ1) is 15.9. The first-order chi connectivity index (χ1) is 8.83. The molecule has 5 heteroatoms. The van der Waals surface area contributed by atoms with Crippen LogP contribution < -0.4 is 5.32 Å². The van der Waals surface area contributed by atoms with Gasteiger partial charge in [-0.1, -0.05) is 0 Å². The van der Waals surface area contributed by atoms with E-state index in [0.29, 0.717) is 39.1 Å². The van der Waals surface area contributed by atoms with E-state index in [-0.39, 0.29) is 0 Å². The van der Waals surface area contributed by atoms with E-state index in [1.807, 2.05) is 6.92 Å². The van der Waals surface area contributed by atoms with Crippen LogP contribution in [-0.4, -0.2) is 63.4 Å². The van der Waals surface area contributed by atoms with Gasteiger partial charge in [0.25, 0.3) is 0 Å². The van der Waals surface area contributed by atoms with Crippen LogP contribution in [0.3, 0.4) is 0 Å². The first-order valence-electron chi connectivity index (χ1n) is 6.98. The highest BCUT2D eigenvalue weighted by atomic mass is 16.5. The van der Waals surface area contributed by atoms with Gasteiger partial charge in [0.2, 0.25) is 0 Å². The Morgan fingerprint density at radius 2 is 2.22 bits per heavy atom. The van der Waals surface area contributed by atoms with Gasteiger partial charge in [0.15, 0.2) is 0 Å². The third-order valence-corrected chi connectivity index (χ3v) is 2.93. The Bertz CT molecular complexity index is 186. The Hall–Kier alpha value is -0.200. The smallest absolute Gasteiger partial charge is 0.0897 e. The number of hydrogen-bond acceptors (Lipinski definition) is 5. The van der Waals surface area contributed by atoms with Gasteiger partial charge < -0.3 is 24.6 Å². The Morgan fingerprint density at radius 3 is 2.94 bits per heavy atom. The molecule has 108 valence electrons. The van der Waals surface area contributed by atoms with E-state index in [2.05, 4.69) is 5.32 Å². The highest BCUT2D eigenvalue weighted by Gasteiger charge is 2.14. The molecular formula is C13H27NO4. The van der Waals surface area contributed by atoms with Gasteiger partial charge in [-0.15, -0.1) is 0 Å².